The quantitative estimate of drug-likeness (QED) is 0.607. The third kappa shape index (κ3) is 2.39. The van der Waals surface area contributed by atoms with Gasteiger partial charge in [-0.3, -0.25) is 0 Å². The summed E-state index contributed by atoms with van der Waals surface area (Å²) in [6.45, 7) is 3.90. The highest BCUT2D eigenvalue weighted by Gasteiger charge is 2.52. The van der Waals surface area contributed by atoms with Gasteiger partial charge in [-0.05, 0) is 26.0 Å². The van der Waals surface area contributed by atoms with Crippen LogP contribution in [-0.2, 0) is 5.54 Å². The van der Waals surface area contributed by atoms with Crippen molar-refractivity contribution in [1.29, 1.82) is 5.26 Å². The van der Waals surface area contributed by atoms with Crippen molar-refractivity contribution in [3.8, 4) is 6.07 Å². The lowest BCUT2D eigenvalue weighted by Crippen LogP contribution is -2.37. The van der Waals surface area contributed by atoms with Gasteiger partial charge in [-0.1, -0.05) is 48.2 Å². The fraction of sp³-hybridized carbons (Fsp3) is 0.250. The van der Waals surface area contributed by atoms with Gasteiger partial charge in [0, 0.05) is 35.3 Å². The van der Waals surface area contributed by atoms with Gasteiger partial charge >= 0.3 is 0 Å². The molecule has 2 aromatic carbocycles. The van der Waals surface area contributed by atoms with E-state index in [1.807, 2.05) is 57.3 Å². The first-order chi connectivity index (χ1) is 12.6. The standard InChI is InChI=1S/C20H19N5S/c1-13(2)24-25(3)19-23-20(18(12-21)26-19)14-8-4-6-10-16(14)22-17-11-7-5-9-15(17)20/h4-11,18,22H,1-3H3. The Balaban J connectivity index is 1.98. The lowest BCUT2D eigenvalue weighted by atomic mass is 9.76. The Labute approximate surface area is 157 Å². The minimum atomic E-state index is -0.737. The fourth-order valence-electron chi connectivity index (χ4n) is 3.58. The molecule has 26 heavy (non-hydrogen) atoms. The zero-order valence-corrected chi connectivity index (χ0v) is 15.7. The predicted octanol–water partition coefficient (Wildman–Crippen LogP) is 4.31. The highest BCUT2D eigenvalue weighted by molar-refractivity contribution is 8.14. The molecule has 0 amide bonds. The second-order valence-electron chi connectivity index (χ2n) is 6.57. The van der Waals surface area contributed by atoms with Gasteiger partial charge in [0.05, 0.1) is 6.07 Å². The molecular weight excluding hydrogens is 342 g/mol. The van der Waals surface area contributed by atoms with E-state index in [0.29, 0.717) is 0 Å². The van der Waals surface area contributed by atoms with Crippen LogP contribution in [0.4, 0.5) is 11.4 Å². The van der Waals surface area contributed by atoms with Crippen LogP contribution in [0.1, 0.15) is 25.0 Å². The van der Waals surface area contributed by atoms with E-state index in [1.165, 1.54) is 11.8 Å². The molecule has 0 aromatic heterocycles. The number of para-hydroxylation sites is 2. The molecule has 5 nitrogen and oxygen atoms in total. The Morgan fingerprint density at radius 3 is 2.27 bits per heavy atom. The smallest absolute Gasteiger partial charge is 0.182 e. The van der Waals surface area contributed by atoms with Crippen molar-refractivity contribution in [3.63, 3.8) is 0 Å². The zero-order valence-electron chi connectivity index (χ0n) is 14.9. The molecule has 0 saturated carbocycles. The number of fused-ring (bicyclic) bond motifs is 4. The summed E-state index contributed by atoms with van der Waals surface area (Å²) in [6.07, 6.45) is 0. The Morgan fingerprint density at radius 1 is 1.15 bits per heavy atom. The first-order valence-electron chi connectivity index (χ1n) is 8.44. The van der Waals surface area contributed by atoms with E-state index in [-0.39, 0.29) is 5.25 Å². The van der Waals surface area contributed by atoms with Crippen LogP contribution in [0.5, 0.6) is 0 Å². The van der Waals surface area contributed by atoms with Gasteiger partial charge in [-0.2, -0.15) is 10.4 Å². The largest absolute Gasteiger partial charge is 0.355 e. The maximum atomic E-state index is 10.00. The van der Waals surface area contributed by atoms with Crippen LogP contribution >= 0.6 is 11.8 Å². The van der Waals surface area contributed by atoms with Crippen molar-refractivity contribution in [2.45, 2.75) is 24.6 Å². The summed E-state index contributed by atoms with van der Waals surface area (Å²) < 4.78 is 0. The number of hydrazone groups is 1. The van der Waals surface area contributed by atoms with E-state index in [1.54, 1.807) is 5.01 Å². The third-order valence-electron chi connectivity index (χ3n) is 4.56. The van der Waals surface area contributed by atoms with Crippen molar-refractivity contribution in [2.75, 3.05) is 12.4 Å². The van der Waals surface area contributed by atoms with Crippen LogP contribution in [0, 0.1) is 11.3 Å². The van der Waals surface area contributed by atoms with E-state index < -0.39 is 5.54 Å². The number of hydrogen-bond donors (Lipinski definition) is 1. The highest BCUT2D eigenvalue weighted by atomic mass is 32.2. The molecule has 1 atom stereocenters. The summed E-state index contributed by atoms with van der Waals surface area (Å²) >= 11 is 1.47. The molecular formula is C20H19N5S. The monoisotopic (exact) mass is 361 g/mol. The SMILES string of the molecule is CC(C)=NN(C)C1=NC2(c3ccccc3Nc3ccccc32)C(C#N)S1. The first-order valence-corrected chi connectivity index (χ1v) is 9.32. The van der Waals surface area contributed by atoms with Crippen LogP contribution < -0.4 is 5.32 Å². The van der Waals surface area contributed by atoms with E-state index >= 15 is 0 Å². The maximum absolute atomic E-state index is 10.00. The van der Waals surface area contributed by atoms with E-state index in [4.69, 9.17) is 4.99 Å². The van der Waals surface area contributed by atoms with E-state index in [0.717, 1.165) is 33.4 Å². The minimum Gasteiger partial charge on any atom is -0.355 e. The van der Waals surface area contributed by atoms with Gasteiger partial charge in [0.1, 0.15) is 10.8 Å². The summed E-state index contributed by atoms with van der Waals surface area (Å²) in [5, 5.41) is 20.1. The molecule has 130 valence electrons. The van der Waals surface area contributed by atoms with Gasteiger partial charge in [0.25, 0.3) is 0 Å². The summed E-state index contributed by atoms with van der Waals surface area (Å²) in [5.41, 5.74) is 4.25. The number of nitrogens with one attached hydrogen (secondary N) is 1. The van der Waals surface area contributed by atoms with Crippen molar-refractivity contribution < 1.29 is 0 Å². The molecule has 0 bridgehead atoms. The molecule has 0 aliphatic carbocycles. The Morgan fingerprint density at radius 2 is 1.73 bits per heavy atom. The number of amidine groups is 1. The molecule has 2 aliphatic rings. The van der Waals surface area contributed by atoms with Gasteiger partial charge in [0.2, 0.25) is 0 Å². The number of nitriles is 1. The van der Waals surface area contributed by atoms with E-state index in [9.17, 15) is 5.26 Å². The number of aliphatic imine (C=N–C) groups is 1. The van der Waals surface area contributed by atoms with Crippen molar-refractivity contribution >= 4 is 34.0 Å². The second-order valence-corrected chi connectivity index (χ2v) is 7.65. The fourth-order valence-corrected chi connectivity index (χ4v) is 4.71. The molecule has 4 rings (SSSR count). The van der Waals surface area contributed by atoms with Gasteiger partial charge in [-0.15, -0.1) is 0 Å². The lowest BCUT2D eigenvalue weighted by molar-refractivity contribution is 0.528. The molecule has 2 heterocycles. The molecule has 1 spiro atoms. The molecule has 1 N–H and O–H groups in total. The molecule has 1 unspecified atom stereocenters. The summed E-state index contributed by atoms with van der Waals surface area (Å²) in [5.74, 6) is 0. The highest BCUT2D eigenvalue weighted by Crippen LogP contribution is 2.55. The van der Waals surface area contributed by atoms with Crippen LogP contribution in [0.2, 0.25) is 0 Å². The van der Waals surface area contributed by atoms with E-state index in [2.05, 4.69) is 28.6 Å². The third-order valence-corrected chi connectivity index (χ3v) is 5.81. The average molecular weight is 361 g/mol. The number of benzene rings is 2. The summed E-state index contributed by atoms with van der Waals surface area (Å²) in [7, 11) is 1.88. The number of nitrogens with zero attached hydrogens (tertiary/aromatic N) is 4. The first kappa shape index (κ1) is 16.7. The molecule has 2 aliphatic heterocycles. The molecule has 0 saturated heterocycles. The Bertz CT molecular complexity index is 923. The van der Waals surface area contributed by atoms with Gasteiger partial charge < -0.3 is 5.32 Å². The van der Waals surface area contributed by atoms with Gasteiger partial charge in [0.15, 0.2) is 5.17 Å². The van der Waals surface area contributed by atoms with Crippen LogP contribution in [0.25, 0.3) is 0 Å². The zero-order chi connectivity index (χ0) is 18.3. The van der Waals surface area contributed by atoms with Crippen LogP contribution in [0.3, 0.4) is 0 Å². The summed E-state index contributed by atoms with van der Waals surface area (Å²) in [6, 6.07) is 18.7. The Hall–Kier alpha value is -2.78. The molecule has 0 radical (unpaired) electrons. The molecule has 0 fully saturated rings. The maximum Gasteiger partial charge on any atom is 0.182 e. The number of anilines is 2. The van der Waals surface area contributed by atoms with Crippen molar-refractivity contribution in [2.24, 2.45) is 10.1 Å². The minimum absolute atomic E-state index is 0.364. The second kappa shape index (κ2) is 6.19. The van der Waals surface area contributed by atoms with Crippen molar-refractivity contribution in [1.82, 2.24) is 5.01 Å². The topological polar surface area (TPSA) is 63.8 Å². The van der Waals surface area contributed by atoms with Crippen LogP contribution in [-0.4, -0.2) is 28.2 Å². The average Bonchev–Trinajstić information content (AvgIpc) is 3.02. The molecule has 6 heteroatoms. The van der Waals surface area contributed by atoms with Crippen LogP contribution in [0.15, 0.2) is 58.6 Å². The number of thioether (sulfide) groups is 1. The predicted molar refractivity (Wildman–Crippen MR) is 108 cm³/mol. The number of hydrogen-bond acceptors (Lipinski definition) is 6. The number of rotatable bonds is 1. The lowest BCUT2D eigenvalue weighted by Gasteiger charge is -2.37. The normalized spacial score (nSPS) is 18.8. The van der Waals surface area contributed by atoms with Gasteiger partial charge in [-0.25, -0.2) is 10.0 Å². The Kier molecular flexibility index (Phi) is 3.97. The summed E-state index contributed by atoms with van der Waals surface area (Å²) in [4.78, 5) is 5.10. The van der Waals surface area contributed by atoms with Crippen molar-refractivity contribution in [3.05, 3.63) is 59.7 Å². The molecule has 2 aromatic rings.